The molecule has 0 atom stereocenters. The number of guanidine groups is 1. The number of nitrogens with zero attached hydrogens (tertiary/aromatic N) is 2. The Hall–Kier alpha value is -1.82. The summed E-state index contributed by atoms with van der Waals surface area (Å²) in [7, 11) is 0. The molecule has 0 amide bonds. The second-order valence-electron chi connectivity index (χ2n) is 6.23. The number of halogens is 2. The van der Waals surface area contributed by atoms with Gasteiger partial charge in [0.05, 0.1) is 12.5 Å². The van der Waals surface area contributed by atoms with Gasteiger partial charge in [0.2, 0.25) is 0 Å². The molecule has 0 spiro atoms. The van der Waals surface area contributed by atoms with E-state index in [-0.39, 0.29) is 17.7 Å². The van der Waals surface area contributed by atoms with Crippen molar-refractivity contribution in [2.45, 2.75) is 33.1 Å². The van der Waals surface area contributed by atoms with Crippen LogP contribution in [-0.4, -0.2) is 49.6 Å². The molecule has 144 valence electrons. The van der Waals surface area contributed by atoms with Crippen molar-refractivity contribution in [2.24, 2.45) is 10.9 Å². The Kier molecular flexibility index (Phi) is 8.16. The number of likely N-dealkylation sites (tertiary alicyclic amines) is 1. The molecule has 0 saturated carbocycles. The minimum atomic E-state index is -0.333. The van der Waals surface area contributed by atoms with E-state index in [1.54, 1.807) is 6.07 Å². The molecule has 1 aliphatic heterocycles. The number of rotatable bonds is 6. The zero-order valence-electron chi connectivity index (χ0n) is 15.4. The lowest BCUT2D eigenvalue weighted by Crippen LogP contribution is -2.46. The molecule has 0 bridgehead atoms. The number of ether oxygens (including phenoxy) is 1. The number of nitrogens with one attached hydrogen (secondary N) is 1. The summed E-state index contributed by atoms with van der Waals surface area (Å²) in [6.07, 6.45) is 2.19. The third kappa shape index (κ3) is 5.87. The summed E-state index contributed by atoms with van der Waals surface area (Å²) < 4.78 is 18.2. The molecule has 1 aliphatic rings. The molecule has 0 unspecified atom stereocenters. The highest BCUT2D eigenvalue weighted by Crippen LogP contribution is 2.20. The fraction of sp³-hybridized carbons (Fsp3) is 0.579. The Morgan fingerprint density at radius 2 is 2.12 bits per heavy atom. The number of esters is 1. The van der Waals surface area contributed by atoms with Crippen molar-refractivity contribution in [3.63, 3.8) is 0 Å². The summed E-state index contributed by atoms with van der Waals surface area (Å²) in [5.41, 5.74) is 0.883. The summed E-state index contributed by atoms with van der Waals surface area (Å²) in [5, 5.41) is 3.73. The smallest absolute Gasteiger partial charge is 0.309 e. The molecule has 2 rings (SSSR count). The SMILES string of the molecule is CCNC(=NCCc1ccc(F)cc1Cl)N1CCC(C(=O)OCC)CC1. The fourth-order valence-corrected chi connectivity index (χ4v) is 3.28. The number of hydrogen-bond acceptors (Lipinski definition) is 3. The van der Waals surface area contributed by atoms with E-state index in [1.165, 1.54) is 12.1 Å². The van der Waals surface area contributed by atoms with Gasteiger partial charge in [-0.2, -0.15) is 0 Å². The standard InChI is InChI=1S/C19H27ClFN3O2/c1-3-22-19(23-10-7-14-5-6-16(21)13-17(14)20)24-11-8-15(9-12-24)18(25)26-4-2/h5-6,13,15H,3-4,7-12H2,1-2H3,(H,22,23). The van der Waals surface area contributed by atoms with Gasteiger partial charge in [0.15, 0.2) is 5.96 Å². The van der Waals surface area contributed by atoms with Crippen molar-refractivity contribution in [3.05, 3.63) is 34.6 Å². The Morgan fingerprint density at radius 1 is 1.38 bits per heavy atom. The average Bonchev–Trinajstić information content (AvgIpc) is 2.63. The monoisotopic (exact) mass is 383 g/mol. The van der Waals surface area contributed by atoms with Crippen LogP contribution in [0.25, 0.3) is 0 Å². The largest absolute Gasteiger partial charge is 0.466 e. The van der Waals surface area contributed by atoms with Gasteiger partial charge < -0.3 is 15.0 Å². The summed E-state index contributed by atoms with van der Waals surface area (Å²) in [6, 6.07) is 4.44. The van der Waals surface area contributed by atoms with E-state index in [1.807, 2.05) is 13.8 Å². The molecular formula is C19H27ClFN3O2. The minimum absolute atomic E-state index is 0.0212. The Morgan fingerprint density at radius 3 is 2.73 bits per heavy atom. The maximum Gasteiger partial charge on any atom is 0.309 e. The van der Waals surface area contributed by atoms with E-state index in [0.29, 0.717) is 24.6 Å². The second-order valence-corrected chi connectivity index (χ2v) is 6.64. The highest BCUT2D eigenvalue weighted by molar-refractivity contribution is 6.31. The molecule has 0 aromatic heterocycles. The van der Waals surface area contributed by atoms with Gasteiger partial charge in [-0.1, -0.05) is 17.7 Å². The van der Waals surface area contributed by atoms with Crippen LogP contribution in [0.15, 0.2) is 23.2 Å². The lowest BCUT2D eigenvalue weighted by atomic mass is 9.97. The molecule has 1 fully saturated rings. The van der Waals surface area contributed by atoms with Crippen LogP contribution in [-0.2, 0) is 16.0 Å². The fourth-order valence-electron chi connectivity index (χ4n) is 3.02. The normalized spacial score (nSPS) is 15.8. The van der Waals surface area contributed by atoms with Crippen LogP contribution < -0.4 is 5.32 Å². The first-order valence-electron chi connectivity index (χ1n) is 9.19. The molecule has 1 heterocycles. The molecule has 1 N–H and O–H groups in total. The van der Waals surface area contributed by atoms with Crippen molar-refractivity contribution in [1.29, 1.82) is 0 Å². The second kappa shape index (κ2) is 10.4. The van der Waals surface area contributed by atoms with E-state index in [4.69, 9.17) is 16.3 Å². The molecule has 26 heavy (non-hydrogen) atoms. The van der Waals surface area contributed by atoms with E-state index in [2.05, 4.69) is 15.2 Å². The highest BCUT2D eigenvalue weighted by Gasteiger charge is 2.27. The van der Waals surface area contributed by atoms with Gasteiger partial charge in [0, 0.05) is 31.2 Å². The van der Waals surface area contributed by atoms with Crippen molar-refractivity contribution < 1.29 is 13.9 Å². The van der Waals surface area contributed by atoms with Gasteiger partial charge >= 0.3 is 5.97 Å². The third-order valence-corrected chi connectivity index (χ3v) is 4.76. The number of piperidine rings is 1. The van der Waals surface area contributed by atoms with Gasteiger partial charge in [-0.15, -0.1) is 0 Å². The number of aliphatic imine (C=N–C) groups is 1. The highest BCUT2D eigenvalue weighted by atomic mass is 35.5. The van der Waals surface area contributed by atoms with Crippen LogP contribution in [0.3, 0.4) is 0 Å². The van der Waals surface area contributed by atoms with Crippen LogP contribution in [0.1, 0.15) is 32.3 Å². The van der Waals surface area contributed by atoms with E-state index >= 15 is 0 Å². The van der Waals surface area contributed by atoms with E-state index in [0.717, 1.165) is 44.0 Å². The first-order valence-corrected chi connectivity index (χ1v) is 9.56. The predicted molar refractivity (Wildman–Crippen MR) is 102 cm³/mol. The zero-order chi connectivity index (χ0) is 18.9. The number of carbonyl (C=O) groups excluding carboxylic acids is 1. The molecular weight excluding hydrogens is 357 g/mol. The number of benzene rings is 1. The molecule has 7 heteroatoms. The van der Waals surface area contributed by atoms with Crippen molar-refractivity contribution in [2.75, 3.05) is 32.8 Å². The zero-order valence-corrected chi connectivity index (χ0v) is 16.2. The summed E-state index contributed by atoms with van der Waals surface area (Å²) in [6.45, 7) is 7.15. The maximum atomic E-state index is 13.1. The summed E-state index contributed by atoms with van der Waals surface area (Å²) >= 11 is 6.07. The van der Waals surface area contributed by atoms with Crippen LogP contribution in [0.4, 0.5) is 4.39 Å². The Balaban J connectivity index is 1.91. The lowest BCUT2D eigenvalue weighted by Gasteiger charge is -2.33. The van der Waals surface area contributed by atoms with Crippen molar-refractivity contribution >= 4 is 23.5 Å². The van der Waals surface area contributed by atoms with Gasteiger partial charge in [-0.25, -0.2) is 4.39 Å². The quantitative estimate of drug-likeness (QED) is 0.465. The van der Waals surface area contributed by atoms with E-state index in [9.17, 15) is 9.18 Å². The maximum absolute atomic E-state index is 13.1. The van der Waals surface area contributed by atoms with E-state index < -0.39 is 0 Å². The Labute approximate surface area is 159 Å². The van der Waals surface area contributed by atoms with Crippen molar-refractivity contribution in [3.8, 4) is 0 Å². The van der Waals surface area contributed by atoms with Gasteiger partial charge in [-0.05, 0) is 50.8 Å². The van der Waals surface area contributed by atoms with Gasteiger partial charge in [0.1, 0.15) is 5.82 Å². The molecule has 0 aliphatic carbocycles. The molecule has 1 saturated heterocycles. The number of hydrogen-bond donors (Lipinski definition) is 1. The van der Waals surface area contributed by atoms with Crippen LogP contribution in [0.2, 0.25) is 5.02 Å². The minimum Gasteiger partial charge on any atom is -0.466 e. The molecule has 5 nitrogen and oxygen atoms in total. The summed E-state index contributed by atoms with van der Waals surface area (Å²) in [5.74, 6) is 0.389. The van der Waals surface area contributed by atoms with Crippen LogP contribution >= 0.6 is 11.6 Å². The molecule has 1 aromatic rings. The molecule has 1 aromatic carbocycles. The van der Waals surface area contributed by atoms with Crippen LogP contribution in [0, 0.1) is 11.7 Å². The van der Waals surface area contributed by atoms with Crippen LogP contribution in [0.5, 0.6) is 0 Å². The van der Waals surface area contributed by atoms with Crippen molar-refractivity contribution in [1.82, 2.24) is 10.2 Å². The topological polar surface area (TPSA) is 53.9 Å². The summed E-state index contributed by atoms with van der Waals surface area (Å²) in [4.78, 5) is 18.7. The van der Waals surface area contributed by atoms with Gasteiger partial charge in [0.25, 0.3) is 0 Å². The lowest BCUT2D eigenvalue weighted by molar-refractivity contribution is -0.149. The molecule has 0 radical (unpaired) electrons. The average molecular weight is 384 g/mol. The third-order valence-electron chi connectivity index (χ3n) is 4.41. The number of carbonyl (C=O) groups is 1. The predicted octanol–water partition coefficient (Wildman–Crippen LogP) is 3.26. The first kappa shape index (κ1) is 20.5. The van der Waals surface area contributed by atoms with Gasteiger partial charge in [-0.3, -0.25) is 9.79 Å². The Bertz CT molecular complexity index is 631. The first-order chi connectivity index (χ1) is 12.5.